The Bertz CT molecular complexity index is 297. The molecule has 14 heavy (non-hydrogen) atoms. The second-order valence-corrected chi connectivity index (χ2v) is 4.94. The highest BCUT2D eigenvalue weighted by Gasteiger charge is 2.01. The third-order valence-corrected chi connectivity index (χ3v) is 3.33. The fraction of sp³-hybridized carbons (Fsp3) is 0.545. The van der Waals surface area contributed by atoms with Gasteiger partial charge in [-0.1, -0.05) is 13.8 Å². The highest BCUT2D eigenvalue weighted by Crippen LogP contribution is 2.21. The lowest BCUT2D eigenvalue weighted by Crippen LogP contribution is -2.02. The Morgan fingerprint density at radius 1 is 1.50 bits per heavy atom. The average Bonchev–Trinajstić information content (AvgIpc) is 2.15. The SMILES string of the molecule is Cc1cc(SCC(C)C)cnc1CN. The van der Waals surface area contributed by atoms with Crippen LogP contribution < -0.4 is 5.73 Å². The van der Waals surface area contributed by atoms with Crippen LogP contribution in [0.25, 0.3) is 0 Å². The monoisotopic (exact) mass is 210 g/mol. The van der Waals surface area contributed by atoms with Crippen LogP contribution in [0.4, 0.5) is 0 Å². The van der Waals surface area contributed by atoms with E-state index in [2.05, 4.69) is 31.8 Å². The zero-order valence-electron chi connectivity index (χ0n) is 9.08. The first-order valence-electron chi connectivity index (χ1n) is 4.92. The molecule has 78 valence electrons. The second-order valence-electron chi connectivity index (χ2n) is 3.84. The van der Waals surface area contributed by atoms with Gasteiger partial charge in [-0.3, -0.25) is 4.98 Å². The smallest absolute Gasteiger partial charge is 0.0569 e. The molecule has 0 amide bonds. The molecule has 1 aromatic heterocycles. The highest BCUT2D eigenvalue weighted by atomic mass is 32.2. The van der Waals surface area contributed by atoms with Crippen LogP contribution in [-0.4, -0.2) is 10.7 Å². The maximum Gasteiger partial charge on any atom is 0.0569 e. The van der Waals surface area contributed by atoms with Crippen molar-refractivity contribution in [3.05, 3.63) is 23.5 Å². The molecule has 0 radical (unpaired) electrons. The van der Waals surface area contributed by atoms with Crippen LogP contribution in [-0.2, 0) is 6.54 Å². The van der Waals surface area contributed by atoms with Crippen LogP contribution in [0.15, 0.2) is 17.2 Å². The van der Waals surface area contributed by atoms with E-state index in [4.69, 9.17) is 5.73 Å². The summed E-state index contributed by atoms with van der Waals surface area (Å²) in [6.07, 6.45) is 1.92. The summed E-state index contributed by atoms with van der Waals surface area (Å²) in [4.78, 5) is 5.57. The molecule has 1 rings (SSSR count). The van der Waals surface area contributed by atoms with E-state index in [0.717, 1.165) is 17.4 Å². The number of pyridine rings is 1. The largest absolute Gasteiger partial charge is 0.325 e. The van der Waals surface area contributed by atoms with Gasteiger partial charge in [0.15, 0.2) is 0 Å². The normalized spacial score (nSPS) is 10.9. The maximum atomic E-state index is 5.55. The van der Waals surface area contributed by atoms with Crippen LogP contribution in [0.3, 0.4) is 0 Å². The van der Waals surface area contributed by atoms with Gasteiger partial charge in [0.25, 0.3) is 0 Å². The second kappa shape index (κ2) is 5.37. The van der Waals surface area contributed by atoms with Gasteiger partial charge in [-0.2, -0.15) is 0 Å². The third kappa shape index (κ3) is 3.31. The minimum absolute atomic E-state index is 0.529. The first-order valence-corrected chi connectivity index (χ1v) is 5.90. The summed E-state index contributed by atoms with van der Waals surface area (Å²) in [6, 6.07) is 2.17. The summed E-state index contributed by atoms with van der Waals surface area (Å²) < 4.78 is 0. The Morgan fingerprint density at radius 3 is 2.71 bits per heavy atom. The van der Waals surface area contributed by atoms with E-state index in [1.165, 1.54) is 10.5 Å². The van der Waals surface area contributed by atoms with Crippen molar-refractivity contribution in [1.82, 2.24) is 4.98 Å². The van der Waals surface area contributed by atoms with Gasteiger partial charge in [0.1, 0.15) is 0 Å². The first kappa shape index (κ1) is 11.5. The number of aromatic nitrogens is 1. The van der Waals surface area contributed by atoms with Gasteiger partial charge in [-0.05, 0) is 24.5 Å². The van der Waals surface area contributed by atoms with E-state index < -0.39 is 0 Å². The van der Waals surface area contributed by atoms with E-state index in [1.54, 1.807) is 0 Å². The van der Waals surface area contributed by atoms with Crippen molar-refractivity contribution in [1.29, 1.82) is 0 Å². The minimum Gasteiger partial charge on any atom is -0.325 e. The van der Waals surface area contributed by atoms with Gasteiger partial charge in [0.05, 0.1) is 5.69 Å². The van der Waals surface area contributed by atoms with Gasteiger partial charge in [-0.15, -0.1) is 11.8 Å². The van der Waals surface area contributed by atoms with Crippen molar-refractivity contribution in [2.45, 2.75) is 32.2 Å². The van der Waals surface area contributed by atoms with E-state index in [1.807, 2.05) is 18.0 Å². The average molecular weight is 210 g/mol. The Labute approximate surface area is 90.3 Å². The van der Waals surface area contributed by atoms with Crippen LogP contribution in [0, 0.1) is 12.8 Å². The molecule has 0 aromatic carbocycles. The number of hydrogen-bond donors (Lipinski definition) is 1. The van der Waals surface area contributed by atoms with Crippen molar-refractivity contribution < 1.29 is 0 Å². The summed E-state index contributed by atoms with van der Waals surface area (Å²) in [5, 5.41) is 0. The molecule has 1 heterocycles. The molecule has 0 fully saturated rings. The summed E-state index contributed by atoms with van der Waals surface area (Å²) in [5.74, 6) is 1.86. The fourth-order valence-corrected chi connectivity index (χ4v) is 2.05. The lowest BCUT2D eigenvalue weighted by Gasteiger charge is -2.07. The molecule has 0 atom stereocenters. The van der Waals surface area contributed by atoms with E-state index in [0.29, 0.717) is 6.54 Å². The maximum absolute atomic E-state index is 5.55. The number of aryl methyl sites for hydroxylation is 1. The summed E-state index contributed by atoms with van der Waals surface area (Å²) in [7, 11) is 0. The van der Waals surface area contributed by atoms with Gasteiger partial charge < -0.3 is 5.73 Å². The molecule has 0 bridgehead atoms. The molecule has 0 unspecified atom stereocenters. The lowest BCUT2D eigenvalue weighted by atomic mass is 10.2. The van der Waals surface area contributed by atoms with Crippen molar-refractivity contribution in [3.63, 3.8) is 0 Å². The van der Waals surface area contributed by atoms with Crippen LogP contribution in [0.2, 0.25) is 0 Å². The molecule has 0 saturated heterocycles. The zero-order chi connectivity index (χ0) is 10.6. The number of nitrogens with two attached hydrogens (primary N) is 1. The summed E-state index contributed by atoms with van der Waals surface area (Å²) >= 11 is 1.86. The van der Waals surface area contributed by atoms with Crippen LogP contribution in [0.5, 0.6) is 0 Å². The first-order chi connectivity index (χ1) is 6.63. The number of nitrogens with zero attached hydrogens (tertiary/aromatic N) is 1. The number of thioether (sulfide) groups is 1. The van der Waals surface area contributed by atoms with Gasteiger partial charge in [0.2, 0.25) is 0 Å². The predicted molar refractivity (Wildman–Crippen MR) is 62.4 cm³/mol. The molecule has 0 spiro atoms. The van der Waals surface area contributed by atoms with E-state index in [9.17, 15) is 0 Å². The Kier molecular flexibility index (Phi) is 4.42. The molecule has 3 heteroatoms. The topological polar surface area (TPSA) is 38.9 Å². The van der Waals surface area contributed by atoms with Crippen molar-refractivity contribution in [3.8, 4) is 0 Å². The van der Waals surface area contributed by atoms with Crippen molar-refractivity contribution in [2.24, 2.45) is 11.7 Å². The van der Waals surface area contributed by atoms with Crippen LogP contribution >= 0.6 is 11.8 Å². The number of rotatable bonds is 4. The molecule has 1 aromatic rings. The highest BCUT2D eigenvalue weighted by molar-refractivity contribution is 7.99. The Morgan fingerprint density at radius 2 is 2.21 bits per heavy atom. The fourth-order valence-electron chi connectivity index (χ4n) is 1.13. The standard InChI is InChI=1S/C11H18N2S/c1-8(2)7-14-10-4-9(3)11(5-12)13-6-10/h4,6,8H,5,7,12H2,1-3H3. The molecular formula is C11H18N2S. The van der Waals surface area contributed by atoms with E-state index >= 15 is 0 Å². The van der Waals surface area contributed by atoms with Gasteiger partial charge in [0, 0.05) is 23.4 Å². The molecular weight excluding hydrogens is 192 g/mol. The molecule has 2 N–H and O–H groups in total. The molecule has 2 nitrogen and oxygen atoms in total. The third-order valence-electron chi connectivity index (χ3n) is 1.94. The predicted octanol–water partition coefficient (Wildman–Crippen LogP) is 2.60. The minimum atomic E-state index is 0.529. The molecule has 0 saturated carbocycles. The van der Waals surface area contributed by atoms with E-state index in [-0.39, 0.29) is 0 Å². The van der Waals surface area contributed by atoms with Crippen LogP contribution in [0.1, 0.15) is 25.1 Å². The quantitative estimate of drug-likeness (QED) is 0.776. The van der Waals surface area contributed by atoms with Crippen molar-refractivity contribution >= 4 is 11.8 Å². The van der Waals surface area contributed by atoms with Gasteiger partial charge >= 0.3 is 0 Å². The lowest BCUT2D eigenvalue weighted by molar-refractivity contribution is 0.750. The summed E-state index contributed by atoms with van der Waals surface area (Å²) in [5.41, 5.74) is 7.75. The Balaban J connectivity index is 2.66. The molecule has 0 aliphatic carbocycles. The Hall–Kier alpha value is -0.540. The molecule has 0 aliphatic heterocycles. The number of hydrogen-bond acceptors (Lipinski definition) is 3. The molecule has 0 aliphatic rings. The van der Waals surface area contributed by atoms with Crippen molar-refractivity contribution in [2.75, 3.05) is 5.75 Å². The zero-order valence-corrected chi connectivity index (χ0v) is 9.90. The van der Waals surface area contributed by atoms with Gasteiger partial charge in [-0.25, -0.2) is 0 Å². The summed E-state index contributed by atoms with van der Waals surface area (Å²) in [6.45, 7) is 7.04.